The summed E-state index contributed by atoms with van der Waals surface area (Å²) in [6.07, 6.45) is 3.32. The van der Waals surface area contributed by atoms with Gasteiger partial charge in [-0.15, -0.1) is 0 Å². The van der Waals surface area contributed by atoms with Gasteiger partial charge in [0, 0.05) is 19.1 Å². The first-order valence-electron chi connectivity index (χ1n) is 8.93. The highest BCUT2D eigenvalue weighted by Gasteiger charge is 2.26. The summed E-state index contributed by atoms with van der Waals surface area (Å²) < 4.78 is 0. The number of carbonyl (C=O) groups is 2. The zero-order valence-corrected chi connectivity index (χ0v) is 14.5. The van der Waals surface area contributed by atoms with Crippen molar-refractivity contribution in [3.63, 3.8) is 0 Å². The third-order valence-corrected chi connectivity index (χ3v) is 4.67. The Morgan fingerprint density at radius 2 is 1.79 bits per heavy atom. The number of rotatable bonds is 5. The van der Waals surface area contributed by atoms with Crippen LogP contribution in [0.5, 0.6) is 0 Å². The molecule has 0 bridgehead atoms. The van der Waals surface area contributed by atoms with Crippen molar-refractivity contribution in [1.29, 1.82) is 0 Å². The molecule has 130 valence electrons. The van der Waals surface area contributed by atoms with Gasteiger partial charge in [-0.2, -0.15) is 0 Å². The Hall–Kier alpha value is -1.88. The Morgan fingerprint density at radius 3 is 2.46 bits per heavy atom. The second kappa shape index (κ2) is 7.34. The molecule has 3 rings (SSSR count). The Labute approximate surface area is 143 Å². The van der Waals surface area contributed by atoms with Crippen molar-refractivity contribution in [3.8, 4) is 0 Å². The molecule has 1 aliphatic heterocycles. The van der Waals surface area contributed by atoms with Crippen LogP contribution in [-0.4, -0.2) is 42.4 Å². The first kappa shape index (κ1) is 17.0. The number of carbonyl (C=O) groups excluding carboxylic acids is 2. The van der Waals surface area contributed by atoms with Gasteiger partial charge in [-0.3, -0.25) is 14.5 Å². The van der Waals surface area contributed by atoms with Gasteiger partial charge in [0.2, 0.25) is 5.91 Å². The molecule has 1 aromatic rings. The molecule has 1 aromatic carbocycles. The first-order valence-corrected chi connectivity index (χ1v) is 8.93. The lowest BCUT2D eigenvalue weighted by atomic mass is 9.92. The van der Waals surface area contributed by atoms with Crippen LogP contribution in [-0.2, 0) is 4.79 Å². The van der Waals surface area contributed by atoms with Gasteiger partial charge in [0.1, 0.15) is 0 Å². The van der Waals surface area contributed by atoms with Gasteiger partial charge in [-0.05, 0) is 43.2 Å². The predicted octanol–water partition coefficient (Wildman–Crippen LogP) is 2.50. The molecule has 2 amide bonds. The van der Waals surface area contributed by atoms with Gasteiger partial charge in [-0.1, -0.05) is 26.0 Å². The van der Waals surface area contributed by atoms with Gasteiger partial charge < -0.3 is 10.6 Å². The molecule has 24 heavy (non-hydrogen) atoms. The van der Waals surface area contributed by atoms with Crippen LogP contribution in [0.1, 0.15) is 43.5 Å². The summed E-state index contributed by atoms with van der Waals surface area (Å²) in [5.74, 6) is 1.09. The van der Waals surface area contributed by atoms with E-state index in [-0.39, 0.29) is 11.8 Å². The summed E-state index contributed by atoms with van der Waals surface area (Å²) in [5.41, 5.74) is 1.14. The summed E-state index contributed by atoms with van der Waals surface area (Å²) >= 11 is 0. The lowest BCUT2D eigenvalue weighted by molar-refractivity contribution is -0.117. The molecule has 2 N–H and O–H groups in total. The molecule has 0 unspecified atom stereocenters. The van der Waals surface area contributed by atoms with Crippen LogP contribution < -0.4 is 10.6 Å². The summed E-state index contributed by atoms with van der Waals surface area (Å²) in [4.78, 5) is 26.9. The van der Waals surface area contributed by atoms with Crippen LogP contribution in [0.2, 0.25) is 0 Å². The average molecular weight is 329 g/mol. The first-order chi connectivity index (χ1) is 11.5. The Bertz CT molecular complexity index is 602. The van der Waals surface area contributed by atoms with Gasteiger partial charge in [0.25, 0.3) is 5.91 Å². The van der Waals surface area contributed by atoms with Crippen molar-refractivity contribution in [3.05, 3.63) is 29.8 Å². The maximum atomic E-state index is 12.4. The number of nitrogens with zero attached hydrogens (tertiary/aromatic N) is 1. The molecule has 1 saturated heterocycles. The average Bonchev–Trinajstić information content (AvgIpc) is 3.30. The molecular formula is C19H27N3O2. The van der Waals surface area contributed by atoms with E-state index in [0.717, 1.165) is 25.9 Å². The van der Waals surface area contributed by atoms with Crippen LogP contribution >= 0.6 is 0 Å². The minimum atomic E-state index is -0.103. The fourth-order valence-corrected chi connectivity index (χ4v) is 3.59. The third kappa shape index (κ3) is 4.57. The summed E-state index contributed by atoms with van der Waals surface area (Å²) in [7, 11) is 0. The molecule has 2 atom stereocenters. The lowest BCUT2D eigenvalue weighted by Crippen LogP contribution is -2.43. The highest BCUT2D eigenvalue weighted by atomic mass is 16.2. The van der Waals surface area contributed by atoms with Gasteiger partial charge >= 0.3 is 0 Å². The van der Waals surface area contributed by atoms with E-state index in [0.29, 0.717) is 35.7 Å². The molecular weight excluding hydrogens is 302 g/mol. The van der Waals surface area contributed by atoms with Crippen molar-refractivity contribution >= 4 is 17.5 Å². The SMILES string of the molecule is C[C@@H]1C[C@H](C)CN(CC(=O)Nc2ccccc2C(=O)NC2CC2)C1. The van der Waals surface area contributed by atoms with Crippen LogP contribution in [0.3, 0.4) is 0 Å². The molecule has 5 nitrogen and oxygen atoms in total. The molecule has 0 radical (unpaired) electrons. The van der Waals surface area contributed by atoms with E-state index in [2.05, 4.69) is 29.4 Å². The largest absolute Gasteiger partial charge is 0.349 e. The van der Waals surface area contributed by atoms with Crippen molar-refractivity contribution < 1.29 is 9.59 Å². The number of para-hydroxylation sites is 1. The zero-order chi connectivity index (χ0) is 17.1. The van der Waals surface area contributed by atoms with E-state index >= 15 is 0 Å². The third-order valence-electron chi connectivity index (χ3n) is 4.67. The van der Waals surface area contributed by atoms with Crippen LogP contribution in [0.25, 0.3) is 0 Å². The molecule has 1 heterocycles. The minimum Gasteiger partial charge on any atom is -0.349 e. The lowest BCUT2D eigenvalue weighted by Gasteiger charge is -2.34. The number of nitrogens with one attached hydrogen (secondary N) is 2. The van der Waals surface area contributed by atoms with E-state index in [4.69, 9.17) is 0 Å². The standard InChI is InChI=1S/C19H27N3O2/c1-13-9-14(2)11-22(10-13)12-18(23)21-17-6-4-3-5-16(17)19(24)20-15-7-8-15/h3-6,13-15H,7-12H2,1-2H3,(H,20,24)(H,21,23)/t13-,14+. The molecule has 1 saturated carbocycles. The highest BCUT2D eigenvalue weighted by Crippen LogP contribution is 2.22. The Balaban J connectivity index is 1.60. The Kier molecular flexibility index (Phi) is 5.19. The van der Waals surface area contributed by atoms with E-state index in [9.17, 15) is 9.59 Å². The smallest absolute Gasteiger partial charge is 0.253 e. The fourth-order valence-electron chi connectivity index (χ4n) is 3.59. The molecule has 1 aliphatic carbocycles. The van der Waals surface area contributed by atoms with Crippen molar-refractivity contribution in [2.45, 2.75) is 39.2 Å². The Morgan fingerprint density at radius 1 is 1.12 bits per heavy atom. The van der Waals surface area contributed by atoms with E-state index in [1.54, 1.807) is 12.1 Å². The summed E-state index contributed by atoms with van der Waals surface area (Å²) in [6.45, 7) is 6.77. The topological polar surface area (TPSA) is 61.4 Å². The van der Waals surface area contributed by atoms with Crippen molar-refractivity contribution in [2.75, 3.05) is 25.0 Å². The van der Waals surface area contributed by atoms with Crippen molar-refractivity contribution in [1.82, 2.24) is 10.2 Å². The molecule has 2 aliphatic rings. The minimum absolute atomic E-state index is 0.0528. The number of hydrogen-bond donors (Lipinski definition) is 2. The number of likely N-dealkylation sites (tertiary alicyclic amines) is 1. The van der Waals surface area contributed by atoms with Crippen molar-refractivity contribution in [2.24, 2.45) is 11.8 Å². The molecule has 2 fully saturated rings. The maximum absolute atomic E-state index is 12.4. The van der Waals surface area contributed by atoms with Gasteiger partial charge in [0.05, 0.1) is 17.8 Å². The fraction of sp³-hybridized carbons (Fsp3) is 0.579. The van der Waals surface area contributed by atoms with Gasteiger partial charge in [-0.25, -0.2) is 0 Å². The zero-order valence-electron chi connectivity index (χ0n) is 14.5. The van der Waals surface area contributed by atoms with Crippen LogP contribution in [0.4, 0.5) is 5.69 Å². The second-order valence-electron chi connectivity index (χ2n) is 7.48. The van der Waals surface area contributed by atoms with E-state index < -0.39 is 0 Å². The molecule has 0 spiro atoms. The maximum Gasteiger partial charge on any atom is 0.253 e. The van der Waals surface area contributed by atoms with Crippen LogP contribution in [0.15, 0.2) is 24.3 Å². The van der Waals surface area contributed by atoms with Crippen LogP contribution in [0, 0.1) is 11.8 Å². The summed E-state index contributed by atoms with van der Waals surface area (Å²) in [5, 5.41) is 5.90. The number of benzene rings is 1. The number of hydrogen-bond acceptors (Lipinski definition) is 3. The van der Waals surface area contributed by atoms with E-state index in [1.165, 1.54) is 6.42 Å². The van der Waals surface area contributed by atoms with Gasteiger partial charge in [0.15, 0.2) is 0 Å². The number of amides is 2. The molecule has 0 aromatic heterocycles. The normalized spacial score (nSPS) is 24.4. The molecule has 5 heteroatoms. The second-order valence-corrected chi connectivity index (χ2v) is 7.48. The number of anilines is 1. The summed E-state index contributed by atoms with van der Waals surface area (Å²) in [6, 6.07) is 7.53. The monoisotopic (exact) mass is 329 g/mol. The van der Waals surface area contributed by atoms with E-state index in [1.807, 2.05) is 12.1 Å². The number of piperidine rings is 1. The quantitative estimate of drug-likeness (QED) is 0.872. The predicted molar refractivity (Wildman–Crippen MR) is 94.9 cm³/mol. The highest BCUT2D eigenvalue weighted by molar-refractivity contribution is 6.04.